The second-order valence-electron chi connectivity index (χ2n) is 5.36. The molecule has 7 heteroatoms. The predicted molar refractivity (Wildman–Crippen MR) is 86.4 cm³/mol. The third-order valence-corrected chi connectivity index (χ3v) is 6.75. The number of thiophene rings is 1. The molecule has 1 heterocycles. The van der Waals surface area contributed by atoms with Crippen molar-refractivity contribution in [3.8, 4) is 0 Å². The molecule has 1 rings (SSSR count). The molecule has 0 fully saturated rings. The van der Waals surface area contributed by atoms with E-state index in [1.54, 1.807) is 0 Å². The van der Waals surface area contributed by atoms with Gasteiger partial charge in [0, 0.05) is 10.9 Å². The Labute approximate surface area is 133 Å². The van der Waals surface area contributed by atoms with Crippen LogP contribution in [-0.2, 0) is 16.6 Å². The first kappa shape index (κ1) is 18.1. The third-order valence-electron chi connectivity index (χ3n) is 2.93. The van der Waals surface area contributed by atoms with Gasteiger partial charge in [-0.25, -0.2) is 13.1 Å². The van der Waals surface area contributed by atoms with Gasteiger partial charge < -0.3 is 5.11 Å². The lowest BCUT2D eigenvalue weighted by atomic mass is 10.0. The molecule has 0 radical (unpaired) electrons. The predicted octanol–water partition coefficient (Wildman–Crippen LogP) is 3.50. The van der Waals surface area contributed by atoms with Gasteiger partial charge in [0.2, 0.25) is 10.0 Å². The maximum absolute atomic E-state index is 12.3. The minimum Gasteiger partial charge on any atom is -0.391 e. The Morgan fingerprint density at radius 2 is 2.00 bits per heavy atom. The minimum absolute atomic E-state index is 0.0943. The Morgan fingerprint density at radius 1 is 1.35 bits per heavy atom. The number of nitrogens with one attached hydrogen (secondary N) is 1. The van der Waals surface area contributed by atoms with Gasteiger partial charge in [-0.1, -0.05) is 26.7 Å². The maximum Gasteiger partial charge on any atom is 0.242 e. The van der Waals surface area contributed by atoms with Crippen LogP contribution >= 0.6 is 27.3 Å². The highest BCUT2D eigenvalue weighted by atomic mass is 79.9. The van der Waals surface area contributed by atoms with Crippen molar-refractivity contribution in [1.29, 1.82) is 0 Å². The number of aliphatic hydroxyl groups is 1. The Kier molecular flexibility index (Phi) is 7.14. The molecule has 116 valence electrons. The van der Waals surface area contributed by atoms with Crippen molar-refractivity contribution in [2.75, 3.05) is 0 Å². The molecule has 20 heavy (non-hydrogen) atoms. The highest BCUT2D eigenvalue weighted by Gasteiger charge is 2.22. The number of sulfonamides is 1. The Bertz CT molecular complexity index is 526. The molecule has 0 bridgehead atoms. The monoisotopic (exact) mass is 383 g/mol. The fraction of sp³-hybridized carbons (Fsp3) is 0.692. The summed E-state index contributed by atoms with van der Waals surface area (Å²) < 4.78 is 27.8. The molecule has 1 unspecified atom stereocenters. The summed E-state index contributed by atoms with van der Waals surface area (Å²) in [5, 5.41) is 9.07. The van der Waals surface area contributed by atoms with Crippen molar-refractivity contribution in [3.05, 3.63) is 14.7 Å². The van der Waals surface area contributed by atoms with Gasteiger partial charge in [-0.3, -0.25) is 0 Å². The van der Waals surface area contributed by atoms with E-state index < -0.39 is 10.0 Å². The lowest BCUT2D eigenvalue weighted by Gasteiger charge is -2.14. The fourth-order valence-electron chi connectivity index (χ4n) is 1.88. The average Bonchev–Trinajstić information content (AvgIpc) is 2.70. The normalized spacial score (nSPS) is 13.9. The van der Waals surface area contributed by atoms with Crippen molar-refractivity contribution in [2.45, 2.75) is 57.6 Å². The van der Waals surface area contributed by atoms with Crippen LogP contribution in [0.4, 0.5) is 0 Å². The van der Waals surface area contributed by atoms with Crippen molar-refractivity contribution < 1.29 is 13.5 Å². The lowest BCUT2D eigenvalue weighted by Crippen LogP contribution is -2.32. The second-order valence-corrected chi connectivity index (χ2v) is 9.49. The Morgan fingerprint density at radius 3 is 2.50 bits per heavy atom. The zero-order valence-electron chi connectivity index (χ0n) is 12.0. The molecular weight excluding hydrogens is 362 g/mol. The van der Waals surface area contributed by atoms with Crippen LogP contribution in [0.3, 0.4) is 0 Å². The van der Waals surface area contributed by atoms with Crippen molar-refractivity contribution in [3.63, 3.8) is 0 Å². The van der Waals surface area contributed by atoms with Crippen molar-refractivity contribution >= 4 is 37.3 Å². The van der Waals surface area contributed by atoms with Crippen LogP contribution in [0.1, 0.15) is 44.9 Å². The first-order valence-electron chi connectivity index (χ1n) is 6.67. The van der Waals surface area contributed by atoms with E-state index in [0.717, 1.165) is 19.3 Å². The zero-order chi connectivity index (χ0) is 15.3. The van der Waals surface area contributed by atoms with E-state index in [4.69, 9.17) is 5.11 Å². The van der Waals surface area contributed by atoms with Gasteiger partial charge in [-0.05, 0) is 41.3 Å². The average molecular weight is 384 g/mol. The number of halogens is 1. The molecule has 1 aromatic rings. The molecule has 1 atom stereocenters. The minimum atomic E-state index is -3.53. The summed E-state index contributed by atoms with van der Waals surface area (Å²) in [5.41, 5.74) is 0. The SMILES string of the molecule is CC(C)CCCC(C)NS(=O)(=O)c1cc(CO)sc1Br. The van der Waals surface area contributed by atoms with Gasteiger partial charge in [0.15, 0.2) is 0 Å². The largest absolute Gasteiger partial charge is 0.391 e. The van der Waals surface area contributed by atoms with Gasteiger partial charge >= 0.3 is 0 Å². The van der Waals surface area contributed by atoms with E-state index in [0.29, 0.717) is 14.6 Å². The molecule has 0 aliphatic heterocycles. The molecule has 0 aromatic carbocycles. The quantitative estimate of drug-likeness (QED) is 0.721. The third kappa shape index (κ3) is 5.44. The van der Waals surface area contributed by atoms with Crippen LogP contribution < -0.4 is 4.72 Å². The molecule has 0 saturated carbocycles. The molecule has 0 saturated heterocycles. The molecule has 0 aliphatic carbocycles. The number of hydrogen-bond donors (Lipinski definition) is 2. The number of aliphatic hydroxyl groups excluding tert-OH is 1. The van der Waals surface area contributed by atoms with Crippen LogP contribution in [0.2, 0.25) is 0 Å². The van der Waals surface area contributed by atoms with Gasteiger partial charge in [0.25, 0.3) is 0 Å². The van der Waals surface area contributed by atoms with Gasteiger partial charge in [-0.15, -0.1) is 11.3 Å². The fourth-order valence-corrected chi connectivity index (χ4v) is 5.70. The van der Waals surface area contributed by atoms with E-state index in [-0.39, 0.29) is 17.5 Å². The molecule has 1 aromatic heterocycles. The van der Waals surface area contributed by atoms with Crippen LogP contribution in [0.5, 0.6) is 0 Å². The summed E-state index contributed by atoms with van der Waals surface area (Å²) in [4.78, 5) is 0.840. The zero-order valence-corrected chi connectivity index (χ0v) is 15.2. The Balaban J connectivity index is 2.66. The highest BCUT2D eigenvalue weighted by Crippen LogP contribution is 2.31. The standard InChI is InChI=1S/C13H22BrNO3S2/c1-9(2)5-4-6-10(3)15-20(17,18)12-7-11(8-16)19-13(12)14/h7,9-10,15-16H,4-6,8H2,1-3H3. The number of hydrogen-bond acceptors (Lipinski definition) is 4. The summed E-state index contributed by atoms with van der Waals surface area (Å²) in [7, 11) is -3.53. The molecule has 0 amide bonds. The molecule has 0 spiro atoms. The van der Waals surface area contributed by atoms with E-state index in [1.165, 1.54) is 17.4 Å². The van der Waals surface area contributed by atoms with Crippen molar-refractivity contribution in [2.24, 2.45) is 5.92 Å². The first-order chi connectivity index (χ1) is 9.26. The molecule has 0 aliphatic rings. The van der Waals surface area contributed by atoms with Gasteiger partial charge in [0.05, 0.1) is 10.4 Å². The summed E-state index contributed by atoms with van der Waals surface area (Å²) in [5.74, 6) is 0.636. The van der Waals surface area contributed by atoms with Crippen molar-refractivity contribution in [1.82, 2.24) is 4.72 Å². The van der Waals surface area contributed by atoms with E-state index >= 15 is 0 Å². The van der Waals surface area contributed by atoms with Gasteiger partial charge in [-0.2, -0.15) is 0 Å². The smallest absolute Gasteiger partial charge is 0.242 e. The van der Waals surface area contributed by atoms with E-state index in [9.17, 15) is 8.42 Å². The summed E-state index contributed by atoms with van der Waals surface area (Å²) in [6.07, 6.45) is 2.93. The Hall–Kier alpha value is 0.0500. The summed E-state index contributed by atoms with van der Waals surface area (Å²) >= 11 is 4.48. The maximum atomic E-state index is 12.3. The van der Waals surface area contributed by atoms with Crippen LogP contribution in [0, 0.1) is 5.92 Å². The van der Waals surface area contributed by atoms with Crippen LogP contribution in [0.15, 0.2) is 14.7 Å². The topological polar surface area (TPSA) is 66.4 Å². The molecule has 2 N–H and O–H groups in total. The van der Waals surface area contributed by atoms with Crippen LogP contribution in [-0.4, -0.2) is 19.6 Å². The summed E-state index contributed by atoms with van der Waals surface area (Å²) in [6, 6.07) is 1.42. The summed E-state index contributed by atoms with van der Waals surface area (Å²) in [6.45, 7) is 6.05. The van der Waals surface area contributed by atoms with Gasteiger partial charge in [0.1, 0.15) is 4.90 Å². The first-order valence-corrected chi connectivity index (χ1v) is 9.77. The molecular formula is C13H22BrNO3S2. The lowest BCUT2D eigenvalue weighted by molar-refractivity contribution is 0.285. The van der Waals surface area contributed by atoms with E-state index in [2.05, 4.69) is 34.5 Å². The molecule has 4 nitrogen and oxygen atoms in total. The van der Waals surface area contributed by atoms with Crippen LogP contribution in [0.25, 0.3) is 0 Å². The number of rotatable bonds is 8. The second kappa shape index (κ2) is 7.89. The van der Waals surface area contributed by atoms with E-state index in [1.807, 2.05) is 6.92 Å². The highest BCUT2D eigenvalue weighted by molar-refractivity contribution is 9.11.